The van der Waals surface area contributed by atoms with Crippen LogP contribution >= 0.6 is 27.3 Å². The summed E-state index contributed by atoms with van der Waals surface area (Å²) in [7, 11) is 3.34. The van der Waals surface area contributed by atoms with Crippen molar-refractivity contribution < 1.29 is 14.3 Å². The number of piperazine rings is 1. The number of ether oxygens (including phenoxy) is 2. The molecular weight excluding hydrogens is 480 g/mol. The number of aromatic nitrogens is 1. The molecule has 1 saturated heterocycles. The van der Waals surface area contributed by atoms with Gasteiger partial charge in [0.1, 0.15) is 21.7 Å². The zero-order valence-corrected chi connectivity index (χ0v) is 20.0. The molecule has 1 aliphatic rings. The Hall–Kier alpha value is -2.36. The number of carbonyl (C=O) groups excluding carboxylic acids is 1. The first kappa shape index (κ1) is 21.9. The standard InChI is InChI=1S/C22H25BrN4O3S/c1-29-17-6-7-18(30-2)20-19(17)25-22(31-20)27-12-10-26(11-13-27)9-8-24-21(28)15-4-3-5-16(23)14-15/h3-7,14H,8-13H2,1-2H3,(H,24,28). The van der Waals surface area contributed by atoms with Crippen molar-refractivity contribution in [1.82, 2.24) is 15.2 Å². The van der Waals surface area contributed by atoms with Gasteiger partial charge in [0.25, 0.3) is 5.91 Å². The van der Waals surface area contributed by atoms with Gasteiger partial charge in [0.05, 0.1) is 14.2 Å². The smallest absolute Gasteiger partial charge is 0.251 e. The number of benzene rings is 2. The van der Waals surface area contributed by atoms with Gasteiger partial charge in [-0.2, -0.15) is 0 Å². The summed E-state index contributed by atoms with van der Waals surface area (Å²) in [5.41, 5.74) is 1.51. The number of hydrogen-bond donors (Lipinski definition) is 1. The zero-order valence-electron chi connectivity index (χ0n) is 17.6. The molecule has 1 aliphatic heterocycles. The lowest BCUT2D eigenvalue weighted by Crippen LogP contribution is -2.48. The van der Waals surface area contributed by atoms with Crippen molar-refractivity contribution in [3.05, 3.63) is 46.4 Å². The summed E-state index contributed by atoms with van der Waals surface area (Å²) in [5, 5.41) is 3.99. The van der Waals surface area contributed by atoms with Gasteiger partial charge in [-0.3, -0.25) is 9.69 Å². The van der Waals surface area contributed by atoms with Crippen molar-refractivity contribution in [2.75, 3.05) is 58.4 Å². The van der Waals surface area contributed by atoms with Crippen LogP contribution in [-0.4, -0.2) is 69.3 Å². The Morgan fingerprint density at radius 2 is 1.87 bits per heavy atom. The molecule has 9 heteroatoms. The van der Waals surface area contributed by atoms with Crippen LogP contribution < -0.4 is 19.7 Å². The van der Waals surface area contributed by atoms with Crippen molar-refractivity contribution >= 4 is 48.5 Å². The van der Waals surface area contributed by atoms with Crippen molar-refractivity contribution in [2.24, 2.45) is 0 Å². The number of amides is 1. The first-order chi connectivity index (χ1) is 15.1. The summed E-state index contributed by atoms with van der Waals surface area (Å²) in [6, 6.07) is 11.2. The lowest BCUT2D eigenvalue weighted by Gasteiger charge is -2.34. The first-order valence-corrected chi connectivity index (χ1v) is 11.7. The second-order valence-corrected chi connectivity index (χ2v) is 9.13. The monoisotopic (exact) mass is 504 g/mol. The third kappa shape index (κ3) is 4.94. The summed E-state index contributed by atoms with van der Waals surface area (Å²) in [6.07, 6.45) is 0. The molecule has 1 amide bonds. The highest BCUT2D eigenvalue weighted by atomic mass is 79.9. The number of fused-ring (bicyclic) bond motifs is 1. The Bertz CT molecular complexity index is 1030. The molecule has 4 rings (SSSR count). The highest BCUT2D eigenvalue weighted by molar-refractivity contribution is 9.10. The van der Waals surface area contributed by atoms with Crippen LogP contribution in [0.15, 0.2) is 40.9 Å². The van der Waals surface area contributed by atoms with Crippen molar-refractivity contribution in [1.29, 1.82) is 0 Å². The SMILES string of the molecule is COc1ccc(OC)c2sc(N3CCN(CCNC(=O)c4cccc(Br)c4)CC3)nc12. The maximum absolute atomic E-state index is 12.3. The molecule has 31 heavy (non-hydrogen) atoms. The van der Waals surface area contributed by atoms with E-state index in [-0.39, 0.29) is 5.91 Å². The zero-order chi connectivity index (χ0) is 21.8. The minimum atomic E-state index is -0.0442. The van der Waals surface area contributed by atoms with Crippen molar-refractivity contribution in [2.45, 2.75) is 0 Å². The van der Waals surface area contributed by atoms with Crippen LogP contribution in [0.3, 0.4) is 0 Å². The van der Waals surface area contributed by atoms with Crippen molar-refractivity contribution in [3.63, 3.8) is 0 Å². The van der Waals surface area contributed by atoms with E-state index in [9.17, 15) is 4.79 Å². The lowest BCUT2D eigenvalue weighted by molar-refractivity contribution is 0.0947. The second kappa shape index (κ2) is 9.84. The van der Waals surface area contributed by atoms with E-state index in [4.69, 9.17) is 14.5 Å². The maximum atomic E-state index is 12.3. The van der Waals surface area contributed by atoms with E-state index in [1.807, 2.05) is 36.4 Å². The largest absolute Gasteiger partial charge is 0.495 e. The first-order valence-electron chi connectivity index (χ1n) is 10.1. The van der Waals surface area contributed by atoms with E-state index in [0.717, 1.165) is 64.0 Å². The number of thiazole rings is 1. The van der Waals surface area contributed by atoms with Crippen LogP contribution in [0.2, 0.25) is 0 Å². The normalized spacial score (nSPS) is 14.6. The molecule has 0 spiro atoms. The number of nitrogens with zero attached hydrogens (tertiary/aromatic N) is 3. The number of nitrogens with one attached hydrogen (secondary N) is 1. The van der Waals surface area contributed by atoms with Crippen molar-refractivity contribution in [3.8, 4) is 11.5 Å². The van der Waals surface area contributed by atoms with E-state index in [1.165, 1.54) is 0 Å². The summed E-state index contributed by atoms with van der Waals surface area (Å²) in [5.74, 6) is 1.54. The van der Waals surface area contributed by atoms with Gasteiger partial charge >= 0.3 is 0 Å². The average Bonchev–Trinajstić information content (AvgIpc) is 3.24. The summed E-state index contributed by atoms with van der Waals surface area (Å²) in [6.45, 7) is 5.10. The van der Waals surface area contributed by atoms with Crippen LogP contribution in [-0.2, 0) is 0 Å². The van der Waals surface area contributed by atoms with Gasteiger partial charge in [0.2, 0.25) is 0 Å². The Labute approximate surface area is 194 Å². The summed E-state index contributed by atoms with van der Waals surface area (Å²) >= 11 is 5.04. The van der Waals surface area contributed by atoms with Crippen LogP contribution in [0.5, 0.6) is 11.5 Å². The molecular formula is C22H25BrN4O3S. The van der Waals surface area contributed by atoms with Gasteiger partial charge in [-0.1, -0.05) is 33.3 Å². The van der Waals surface area contributed by atoms with Crippen LogP contribution in [0.25, 0.3) is 10.2 Å². The second-order valence-electron chi connectivity index (χ2n) is 7.24. The fourth-order valence-electron chi connectivity index (χ4n) is 3.63. The number of methoxy groups -OCH3 is 2. The van der Waals surface area contributed by atoms with E-state index < -0.39 is 0 Å². The van der Waals surface area contributed by atoms with Crippen LogP contribution in [0.4, 0.5) is 5.13 Å². The number of carbonyl (C=O) groups is 1. The molecule has 2 aromatic carbocycles. The molecule has 0 unspecified atom stereocenters. The fourth-order valence-corrected chi connectivity index (χ4v) is 5.16. The molecule has 0 radical (unpaired) electrons. The summed E-state index contributed by atoms with van der Waals surface area (Å²) in [4.78, 5) is 21.8. The van der Waals surface area contributed by atoms with E-state index >= 15 is 0 Å². The van der Waals surface area contributed by atoms with E-state index in [0.29, 0.717) is 12.1 Å². The molecule has 1 aromatic heterocycles. The number of rotatable bonds is 7. The van der Waals surface area contributed by atoms with Gasteiger partial charge in [-0.15, -0.1) is 0 Å². The molecule has 7 nitrogen and oxygen atoms in total. The lowest BCUT2D eigenvalue weighted by atomic mass is 10.2. The number of halogens is 1. The maximum Gasteiger partial charge on any atom is 0.251 e. The molecule has 0 bridgehead atoms. The Kier molecular flexibility index (Phi) is 6.94. The van der Waals surface area contributed by atoms with Gasteiger partial charge in [0, 0.05) is 49.3 Å². The Morgan fingerprint density at radius 1 is 1.13 bits per heavy atom. The van der Waals surface area contributed by atoms with Crippen LogP contribution in [0, 0.1) is 0 Å². The molecule has 2 heterocycles. The molecule has 0 aliphatic carbocycles. The van der Waals surface area contributed by atoms with Gasteiger partial charge in [-0.25, -0.2) is 4.98 Å². The minimum Gasteiger partial charge on any atom is -0.495 e. The molecule has 0 atom stereocenters. The van der Waals surface area contributed by atoms with Gasteiger partial charge in [-0.05, 0) is 30.3 Å². The predicted octanol–water partition coefficient (Wildman–Crippen LogP) is 3.63. The molecule has 3 aromatic rings. The quantitative estimate of drug-likeness (QED) is 0.529. The minimum absolute atomic E-state index is 0.0442. The fraction of sp³-hybridized carbons (Fsp3) is 0.364. The van der Waals surface area contributed by atoms with E-state index in [1.54, 1.807) is 25.6 Å². The highest BCUT2D eigenvalue weighted by Gasteiger charge is 2.22. The third-order valence-corrected chi connectivity index (χ3v) is 6.97. The Balaban J connectivity index is 1.31. The van der Waals surface area contributed by atoms with Gasteiger partial charge in [0.15, 0.2) is 5.13 Å². The molecule has 0 saturated carbocycles. The summed E-state index contributed by atoms with van der Waals surface area (Å²) < 4.78 is 12.9. The molecule has 164 valence electrons. The predicted molar refractivity (Wildman–Crippen MR) is 128 cm³/mol. The van der Waals surface area contributed by atoms with E-state index in [2.05, 4.69) is 31.0 Å². The molecule has 1 N–H and O–H groups in total. The Morgan fingerprint density at radius 3 is 2.58 bits per heavy atom. The van der Waals surface area contributed by atoms with Gasteiger partial charge < -0.3 is 19.7 Å². The number of hydrogen-bond acceptors (Lipinski definition) is 7. The average molecular weight is 505 g/mol. The topological polar surface area (TPSA) is 66.9 Å². The molecule has 1 fully saturated rings. The number of anilines is 1. The van der Waals surface area contributed by atoms with Crippen LogP contribution in [0.1, 0.15) is 10.4 Å². The highest BCUT2D eigenvalue weighted by Crippen LogP contribution is 2.40. The third-order valence-electron chi connectivity index (χ3n) is 5.34.